The Balaban J connectivity index is 1.40. The number of ketones is 1. The number of anilines is 1. The molecule has 2 aromatic rings. The van der Waals surface area contributed by atoms with E-state index >= 15 is 0 Å². The Morgan fingerprint density at radius 2 is 1.67 bits per heavy atom. The van der Waals surface area contributed by atoms with Crippen LogP contribution >= 0.6 is 0 Å². The fourth-order valence-corrected chi connectivity index (χ4v) is 5.78. The molecular formula is C23H26N2O4S. The first-order valence-electron chi connectivity index (χ1n) is 10.2. The van der Waals surface area contributed by atoms with Gasteiger partial charge in [-0.05, 0) is 37.3 Å². The fourth-order valence-electron chi connectivity index (χ4n) is 4.78. The molecule has 1 heterocycles. The molecule has 1 spiro atoms. The Labute approximate surface area is 177 Å². The van der Waals surface area contributed by atoms with Crippen LogP contribution in [0.2, 0.25) is 0 Å². The summed E-state index contributed by atoms with van der Waals surface area (Å²) in [5.74, 6) is -0.358. The number of fused-ring (bicyclic) bond motifs is 2. The molecule has 1 amide bonds. The number of amides is 1. The molecule has 7 heteroatoms. The van der Waals surface area contributed by atoms with Gasteiger partial charge in [0.25, 0.3) is 0 Å². The van der Waals surface area contributed by atoms with Gasteiger partial charge in [0.15, 0.2) is 5.78 Å². The smallest absolute Gasteiger partial charge is 0.232 e. The SMILES string of the molecule is CS(=O)(=O)N1C[C@]2(CC[C@@H](C(=O)NCC(=O)c3ccccc3)CC2)c2ccccc21. The van der Waals surface area contributed by atoms with E-state index in [1.807, 2.05) is 30.3 Å². The largest absolute Gasteiger partial charge is 0.348 e. The van der Waals surface area contributed by atoms with Gasteiger partial charge in [-0.25, -0.2) is 8.42 Å². The second kappa shape index (κ2) is 7.87. The molecule has 0 aromatic heterocycles. The Morgan fingerprint density at radius 3 is 2.33 bits per heavy atom. The molecular weight excluding hydrogens is 400 g/mol. The summed E-state index contributed by atoms with van der Waals surface area (Å²) in [6.07, 6.45) is 4.10. The molecule has 0 atom stereocenters. The first-order valence-corrected chi connectivity index (χ1v) is 12.1. The number of hydrogen-bond acceptors (Lipinski definition) is 4. The number of nitrogens with zero attached hydrogens (tertiary/aromatic N) is 1. The number of nitrogens with one attached hydrogen (secondary N) is 1. The number of hydrogen-bond donors (Lipinski definition) is 1. The minimum absolute atomic E-state index is 0.00478. The third-order valence-corrected chi connectivity index (χ3v) is 7.55. The zero-order valence-corrected chi connectivity index (χ0v) is 17.8. The van der Waals surface area contributed by atoms with Crippen LogP contribution in [0.1, 0.15) is 41.6 Å². The van der Waals surface area contributed by atoms with Crippen molar-refractivity contribution in [2.24, 2.45) is 5.92 Å². The minimum atomic E-state index is -3.35. The van der Waals surface area contributed by atoms with Crippen LogP contribution in [0.15, 0.2) is 54.6 Å². The number of carbonyl (C=O) groups excluding carboxylic acids is 2. The van der Waals surface area contributed by atoms with E-state index in [1.54, 1.807) is 24.3 Å². The molecule has 0 radical (unpaired) electrons. The normalized spacial score (nSPS) is 23.2. The van der Waals surface area contributed by atoms with Crippen molar-refractivity contribution < 1.29 is 18.0 Å². The third-order valence-electron chi connectivity index (χ3n) is 6.42. The van der Waals surface area contributed by atoms with Crippen molar-refractivity contribution in [3.8, 4) is 0 Å². The molecule has 158 valence electrons. The van der Waals surface area contributed by atoms with E-state index in [1.165, 1.54) is 10.6 Å². The lowest BCUT2D eigenvalue weighted by molar-refractivity contribution is -0.126. The predicted molar refractivity (Wildman–Crippen MR) is 116 cm³/mol. The monoisotopic (exact) mass is 426 g/mol. The number of para-hydroxylation sites is 1. The second-order valence-electron chi connectivity index (χ2n) is 8.35. The van der Waals surface area contributed by atoms with Gasteiger partial charge in [0, 0.05) is 23.4 Å². The lowest BCUT2D eigenvalue weighted by Crippen LogP contribution is -2.42. The molecule has 1 fully saturated rings. The van der Waals surface area contributed by atoms with Crippen LogP contribution in [0.3, 0.4) is 0 Å². The van der Waals surface area contributed by atoms with Crippen molar-refractivity contribution in [2.75, 3.05) is 23.7 Å². The van der Waals surface area contributed by atoms with Crippen molar-refractivity contribution in [2.45, 2.75) is 31.1 Å². The number of Topliss-reactive ketones (excluding diaryl/α,β-unsaturated/α-hetero) is 1. The average Bonchev–Trinajstić information content (AvgIpc) is 3.08. The van der Waals surface area contributed by atoms with Crippen molar-refractivity contribution in [1.82, 2.24) is 5.32 Å². The Kier molecular flexibility index (Phi) is 5.40. The number of rotatable bonds is 5. The quantitative estimate of drug-likeness (QED) is 0.745. The molecule has 0 bridgehead atoms. The van der Waals surface area contributed by atoms with Gasteiger partial charge in [0.2, 0.25) is 15.9 Å². The van der Waals surface area contributed by atoms with Crippen LogP contribution in [0.4, 0.5) is 5.69 Å². The molecule has 0 saturated heterocycles. The van der Waals surface area contributed by atoms with Crippen LogP contribution in [0.5, 0.6) is 0 Å². The lowest BCUT2D eigenvalue weighted by Gasteiger charge is -2.37. The highest BCUT2D eigenvalue weighted by atomic mass is 32.2. The zero-order chi connectivity index (χ0) is 21.4. The number of sulfonamides is 1. The minimum Gasteiger partial charge on any atom is -0.348 e. The van der Waals surface area contributed by atoms with Gasteiger partial charge in [-0.15, -0.1) is 0 Å². The van der Waals surface area contributed by atoms with Crippen LogP contribution in [-0.4, -0.2) is 39.5 Å². The molecule has 1 aliphatic heterocycles. The van der Waals surface area contributed by atoms with Gasteiger partial charge in [0.05, 0.1) is 18.5 Å². The van der Waals surface area contributed by atoms with Crippen LogP contribution in [0.25, 0.3) is 0 Å². The van der Waals surface area contributed by atoms with E-state index in [-0.39, 0.29) is 29.6 Å². The summed E-state index contributed by atoms with van der Waals surface area (Å²) in [4.78, 5) is 24.9. The van der Waals surface area contributed by atoms with Crippen molar-refractivity contribution in [3.05, 3.63) is 65.7 Å². The maximum absolute atomic E-state index is 12.6. The highest BCUT2D eigenvalue weighted by Crippen LogP contribution is 2.50. The van der Waals surface area contributed by atoms with E-state index < -0.39 is 10.0 Å². The summed E-state index contributed by atoms with van der Waals surface area (Å²) >= 11 is 0. The van der Waals surface area contributed by atoms with Crippen LogP contribution in [-0.2, 0) is 20.2 Å². The standard InChI is InChI=1S/C23H26N2O4S/c1-30(28,29)25-16-23(19-9-5-6-10-20(19)25)13-11-18(12-14-23)22(27)24-15-21(26)17-7-3-2-4-8-17/h2-10,18H,11-16H2,1H3,(H,24,27)/t18-,23-. The van der Waals surface area contributed by atoms with Crippen molar-refractivity contribution >= 4 is 27.4 Å². The lowest BCUT2D eigenvalue weighted by atomic mass is 9.67. The Morgan fingerprint density at radius 1 is 1.03 bits per heavy atom. The molecule has 1 N–H and O–H groups in total. The van der Waals surface area contributed by atoms with Crippen molar-refractivity contribution in [3.63, 3.8) is 0 Å². The summed E-state index contributed by atoms with van der Waals surface area (Å²) in [5.41, 5.74) is 2.17. The molecule has 6 nitrogen and oxygen atoms in total. The number of carbonyl (C=O) groups is 2. The van der Waals surface area contributed by atoms with E-state index in [2.05, 4.69) is 5.32 Å². The Bertz CT molecular complexity index is 1060. The van der Waals surface area contributed by atoms with Gasteiger partial charge in [0.1, 0.15) is 0 Å². The third kappa shape index (κ3) is 3.86. The van der Waals surface area contributed by atoms with Gasteiger partial charge < -0.3 is 5.32 Å². The summed E-state index contributed by atoms with van der Waals surface area (Å²) < 4.78 is 26.1. The zero-order valence-electron chi connectivity index (χ0n) is 17.0. The first kappa shape index (κ1) is 20.6. The summed E-state index contributed by atoms with van der Waals surface area (Å²) in [6, 6.07) is 16.6. The highest BCUT2D eigenvalue weighted by Gasteiger charge is 2.47. The van der Waals surface area contributed by atoms with Gasteiger partial charge in [-0.1, -0.05) is 48.5 Å². The molecule has 1 saturated carbocycles. The molecule has 2 aromatic carbocycles. The van der Waals surface area contributed by atoms with Crippen molar-refractivity contribution in [1.29, 1.82) is 0 Å². The van der Waals surface area contributed by atoms with Gasteiger partial charge in [-0.2, -0.15) is 0 Å². The maximum Gasteiger partial charge on any atom is 0.232 e. The topological polar surface area (TPSA) is 83.6 Å². The molecule has 1 aliphatic carbocycles. The predicted octanol–water partition coefficient (Wildman–Crippen LogP) is 2.89. The molecule has 0 unspecified atom stereocenters. The van der Waals surface area contributed by atoms with Gasteiger partial charge in [-0.3, -0.25) is 13.9 Å². The second-order valence-corrected chi connectivity index (χ2v) is 10.3. The van der Waals surface area contributed by atoms with E-state index in [9.17, 15) is 18.0 Å². The van der Waals surface area contributed by atoms with E-state index in [0.29, 0.717) is 24.9 Å². The van der Waals surface area contributed by atoms with Crippen LogP contribution < -0.4 is 9.62 Å². The summed E-state index contributed by atoms with van der Waals surface area (Å²) in [6.45, 7) is 0.432. The molecule has 2 aliphatic rings. The fraction of sp³-hybridized carbons (Fsp3) is 0.391. The summed E-state index contributed by atoms with van der Waals surface area (Å²) in [5, 5.41) is 2.79. The van der Waals surface area contributed by atoms with E-state index in [0.717, 1.165) is 24.1 Å². The number of benzene rings is 2. The molecule has 4 rings (SSSR count). The first-order chi connectivity index (χ1) is 14.3. The maximum atomic E-state index is 12.6. The van der Waals surface area contributed by atoms with E-state index in [4.69, 9.17) is 0 Å². The molecule has 30 heavy (non-hydrogen) atoms. The van der Waals surface area contributed by atoms with Gasteiger partial charge >= 0.3 is 0 Å². The highest BCUT2D eigenvalue weighted by molar-refractivity contribution is 7.92. The Hall–Kier alpha value is -2.67. The summed E-state index contributed by atoms with van der Waals surface area (Å²) in [7, 11) is -3.35. The van der Waals surface area contributed by atoms with Crippen LogP contribution in [0, 0.1) is 5.92 Å². The average molecular weight is 427 g/mol.